The molecule has 1 saturated carbocycles. The Morgan fingerprint density at radius 2 is 1.81 bits per heavy atom. The van der Waals surface area contributed by atoms with Crippen LogP contribution in [0.4, 0.5) is 0 Å². The van der Waals surface area contributed by atoms with Gasteiger partial charge in [0.25, 0.3) is 0 Å². The van der Waals surface area contributed by atoms with Crippen LogP contribution in [0, 0.1) is 11.8 Å². The molecule has 150 valence electrons. The van der Waals surface area contributed by atoms with Crippen LogP contribution >= 0.6 is 0 Å². The van der Waals surface area contributed by atoms with Gasteiger partial charge in [-0.05, 0) is 59.0 Å². The molecular formula is C20H38N4O2. The number of hydrogen-bond acceptors (Lipinski definition) is 5. The number of aromatic amines is 1. The van der Waals surface area contributed by atoms with Gasteiger partial charge in [0.2, 0.25) is 0 Å². The molecule has 0 aliphatic heterocycles. The number of ether oxygens (including phenoxy) is 2. The van der Waals surface area contributed by atoms with Crippen LogP contribution in [0.15, 0.2) is 6.20 Å². The second-order valence-corrected chi connectivity index (χ2v) is 7.61. The number of nitrogens with zero attached hydrogens (tertiary/aromatic N) is 2. The maximum absolute atomic E-state index is 5.75. The lowest BCUT2D eigenvalue weighted by atomic mass is 9.74. The van der Waals surface area contributed by atoms with Crippen molar-refractivity contribution in [2.75, 3.05) is 53.6 Å². The Hall–Kier alpha value is -0.950. The van der Waals surface area contributed by atoms with Crippen LogP contribution < -0.4 is 5.32 Å². The van der Waals surface area contributed by atoms with E-state index in [1.54, 1.807) is 0 Å². The van der Waals surface area contributed by atoms with E-state index in [-0.39, 0.29) is 0 Å². The van der Waals surface area contributed by atoms with Crippen molar-refractivity contribution in [1.82, 2.24) is 20.4 Å². The Labute approximate surface area is 159 Å². The van der Waals surface area contributed by atoms with E-state index >= 15 is 0 Å². The van der Waals surface area contributed by atoms with Gasteiger partial charge < -0.3 is 19.7 Å². The molecule has 0 bridgehead atoms. The highest BCUT2D eigenvalue weighted by Crippen LogP contribution is 2.40. The van der Waals surface area contributed by atoms with E-state index in [1.165, 1.54) is 30.5 Å². The van der Waals surface area contributed by atoms with Gasteiger partial charge in [-0.1, -0.05) is 0 Å². The summed E-state index contributed by atoms with van der Waals surface area (Å²) < 4.78 is 11.5. The third-order valence-electron chi connectivity index (χ3n) is 5.36. The zero-order valence-corrected chi connectivity index (χ0v) is 17.1. The molecule has 1 aromatic rings. The van der Waals surface area contributed by atoms with Gasteiger partial charge in [-0.3, -0.25) is 5.10 Å². The lowest BCUT2D eigenvalue weighted by Crippen LogP contribution is -2.29. The number of H-pyrrole nitrogens is 1. The van der Waals surface area contributed by atoms with Crippen LogP contribution in [0.1, 0.15) is 50.3 Å². The molecule has 1 fully saturated rings. The van der Waals surface area contributed by atoms with Gasteiger partial charge in [0, 0.05) is 63.2 Å². The minimum absolute atomic E-state index is 0.523. The third kappa shape index (κ3) is 6.65. The molecule has 2 N–H and O–H groups in total. The minimum atomic E-state index is 0.523. The summed E-state index contributed by atoms with van der Waals surface area (Å²) in [5.41, 5.74) is 2.66. The highest BCUT2D eigenvalue weighted by Gasteiger charge is 2.32. The van der Waals surface area contributed by atoms with E-state index in [0.717, 1.165) is 46.1 Å². The maximum atomic E-state index is 5.75. The lowest BCUT2D eigenvalue weighted by Gasteiger charge is -2.35. The van der Waals surface area contributed by atoms with E-state index in [4.69, 9.17) is 9.47 Å². The fourth-order valence-corrected chi connectivity index (χ4v) is 4.11. The summed E-state index contributed by atoms with van der Waals surface area (Å²) in [6.07, 6.45) is 5.58. The summed E-state index contributed by atoms with van der Waals surface area (Å²) in [5.74, 6) is 1.74. The molecule has 6 nitrogen and oxygen atoms in total. The van der Waals surface area contributed by atoms with Crippen molar-refractivity contribution in [3.63, 3.8) is 0 Å². The van der Waals surface area contributed by atoms with Gasteiger partial charge in [0.1, 0.15) is 0 Å². The Balaban J connectivity index is 2.03. The van der Waals surface area contributed by atoms with Gasteiger partial charge in [0.15, 0.2) is 0 Å². The molecule has 1 aromatic heterocycles. The molecule has 3 atom stereocenters. The zero-order chi connectivity index (χ0) is 18.8. The molecule has 6 heteroatoms. The predicted molar refractivity (Wildman–Crippen MR) is 105 cm³/mol. The monoisotopic (exact) mass is 366 g/mol. The van der Waals surface area contributed by atoms with Crippen LogP contribution in [0.25, 0.3) is 0 Å². The van der Waals surface area contributed by atoms with Crippen molar-refractivity contribution in [2.24, 2.45) is 11.8 Å². The van der Waals surface area contributed by atoms with E-state index in [0.29, 0.717) is 17.8 Å². The summed E-state index contributed by atoms with van der Waals surface area (Å²) in [5, 5.41) is 10.9. The quantitative estimate of drug-likeness (QED) is 0.595. The molecule has 0 aromatic carbocycles. The number of hydrogen-bond donors (Lipinski definition) is 2. The lowest BCUT2D eigenvalue weighted by molar-refractivity contribution is 0.0425. The summed E-state index contributed by atoms with van der Waals surface area (Å²) in [4.78, 5) is 2.35. The van der Waals surface area contributed by atoms with Crippen molar-refractivity contribution in [1.29, 1.82) is 0 Å². The highest BCUT2D eigenvalue weighted by atomic mass is 16.5. The number of likely N-dealkylation sites (N-methyl/N-ethyl adjacent to an activating group) is 2. The summed E-state index contributed by atoms with van der Waals surface area (Å²) >= 11 is 0. The zero-order valence-electron chi connectivity index (χ0n) is 17.1. The van der Waals surface area contributed by atoms with Gasteiger partial charge in [-0.15, -0.1) is 0 Å². The summed E-state index contributed by atoms with van der Waals surface area (Å²) in [7, 11) is 4.17. The first-order valence-corrected chi connectivity index (χ1v) is 10.2. The molecule has 1 unspecified atom stereocenters. The first-order valence-electron chi connectivity index (χ1n) is 10.2. The minimum Gasteiger partial charge on any atom is -0.381 e. The molecule has 0 radical (unpaired) electrons. The first kappa shape index (κ1) is 21.4. The fraction of sp³-hybridized carbons (Fsp3) is 0.850. The van der Waals surface area contributed by atoms with E-state index in [9.17, 15) is 0 Å². The topological polar surface area (TPSA) is 62.4 Å². The molecule has 0 amide bonds. The van der Waals surface area contributed by atoms with Gasteiger partial charge in [-0.25, -0.2) is 0 Å². The van der Waals surface area contributed by atoms with E-state index in [2.05, 4.69) is 41.3 Å². The highest BCUT2D eigenvalue weighted by molar-refractivity contribution is 5.21. The second kappa shape index (κ2) is 11.7. The Kier molecular flexibility index (Phi) is 9.61. The smallest absolute Gasteiger partial charge is 0.0535 e. The van der Waals surface area contributed by atoms with E-state index in [1.807, 2.05) is 13.2 Å². The van der Waals surface area contributed by atoms with Crippen molar-refractivity contribution >= 4 is 0 Å². The molecule has 26 heavy (non-hydrogen) atoms. The van der Waals surface area contributed by atoms with Crippen LogP contribution in [-0.2, 0) is 16.0 Å². The fourth-order valence-electron chi connectivity index (χ4n) is 4.11. The van der Waals surface area contributed by atoms with Crippen LogP contribution in [0.5, 0.6) is 0 Å². The van der Waals surface area contributed by atoms with Gasteiger partial charge in [0.05, 0.1) is 6.20 Å². The van der Waals surface area contributed by atoms with Crippen molar-refractivity contribution in [3.8, 4) is 0 Å². The predicted octanol–water partition coefficient (Wildman–Crippen LogP) is 2.63. The third-order valence-corrected chi connectivity index (χ3v) is 5.36. The molecule has 1 heterocycles. The van der Waals surface area contributed by atoms with Crippen LogP contribution in [0.2, 0.25) is 0 Å². The van der Waals surface area contributed by atoms with Gasteiger partial charge in [-0.2, -0.15) is 5.10 Å². The SMILES string of the molecule is CCOC[C@@H]1CC(c2[nH]ncc2CN(C)CCNC)C[C@H](COCC)C1. The molecular weight excluding hydrogens is 328 g/mol. The number of aromatic nitrogens is 2. The Bertz CT molecular complexity index is 478. The molecule has 1 aliphatic rings. The number of nitrogens with one attached hydrogen (secondary N) is 2. The average Bonchev–Trinajstić information content (AvgIpc) is 3.10. The molecule has 2 rings (SSSR count). The summed E-state index contributed by atoms with van der Waals surface area (Å²) in [6.45, 7) is 10.4. The second-order valence-electron chi connectivity index (χ2n) is 7.61. The average molecular weight is 367 g/mol. The Morgan fingerprint density at radius 3 is 2.38 bits per heavy atom. The van der Waals surface area contributed by atoms with Crippen LogP contribution in [0.3, 0.4) is 0 Å². The standard InChI is InChI=1S/C20H38N4O2/c1-5-25-14-16-9-17(15-26-6-2)11-18(10-16)20-19(12-22-23-20)13-24(4)8-7-21-3/h12,16-18,21H,5-11,13-15H2,1-4H3,(H,22,23)/t16-,17+,18?. The van der Waals surface area contributed by atoms with Crippen molar-refractivity contribution in [3.05, 3.63) is 17.5 Å². The Morgan fingerprint density at radius 1 is 1.15 bits per heavy atom. The largest absolute Gasteiger partial charge is 0.381 e. The van der Waals surface area contributed by atoms with Crippen molar-refractivity contribution in [2.45, 2.75) is 45.6 Å². The van der Waals surface area contributed by atoms with E-state index < -0.39 is 0 Å². The van der Waals surface area contributed by atoms with Crippen LogP contribution in [-0.4, -0.2) is 68.7 Å². The molecule has 0 spiro atoms. The maximum Gasteiger partial charge on any atom is 0.0535 e. The summed E-state index contributed by atoms with van der Waals surface area (Å²) in [6, 6.07) is 0. The number of rotatable bonds is 12. The van der Waals surface area contributed by atoms with Gasteiger partial charge >= 0.3 is 0 Å². The molecule has 1 aliphatic carbocycles. The normalized spacial score (nSPS) is 23.7. The first-order chi connectivity index (χ1) is 12.7. The van der Waals surface area contributed by atoms with Crippen molar-refractivity contribution < 1.29 is 9.47 Å². The molecule has 0 saturated heterocycles.